The van der Waals surface area contributed by atoms with Crippen molar-refractivity contribution in [1.29, 1.82) is 0 Å². The van der Waals surface area contributed by atoms with Crippen molar-refractivity contribution in [1.82, 2.24) is 9.62 Å². The summed E-state index contributed by atoms with van der Waals surface area (Å²) in [6.45, 7) is 2.75. The average Bonchev–Trinajstić information content (AvgIpc) is 3.30. The maximum Gasteiger partial charge on any atom is 0.240 e. The zero-order chi connectivity index (χ0) is 21.8. The zero-order valence-corrected chi connectivity index (χ0v) is 19.1. The SMILES string of the molecule is O=S(=O)(NC[C@H](c1ccco1)N1CCN(c2ccccc2F)CC1)c1ccc(Br)cc1. The Balaban J connectivity index is 1.46. The smallest absolute Gasteiger partial charge is 0.240 e. The van der Waals surface area contributed by atoms with Crippen LogP contribution in [0.3, 0.4) is 0 Å². The van der Waals surface area contributed by atoms with E-state index in [1.807, 2.05) is 17.0 Å². The van der Waals surface area contributed by atoms with Crippen LogP contribution in [0.15, 0.2) is 80.7 Å². The number of furan rings is 1. The summed E-state index contributed by atoms with van der Waals surface area (Å²) in [4.78, 5) is 4.38. The van der Waals surface area contributed by atoms with Crippen LogP contribution in [-0.2, 0) is 10.0 Å². The van der Waals surface area contributed by atoms with Gasteiger partial charge in [0, 0.05) is 37.2 Å². The molecule has 1 saturated heterocycles. The number of hydrogen-bond donors (Lipinski definition) is 1. The monoisotopic (exact) mass is 507 g/mol. The van der Waals surface area contributed by atoms with Crippen molar-refractivity contribution in [3.8, 4) is 0 Å². The summed E-state index contributed by atoms with van der Waals surface area (Å²) in [5, 5.41) is 0. The Hall–Kier alpha value is -2.20. The van der Waals surface area contributed by atoms with E-state index in [1.54, 1.807) is 48.7 Å². The lowest BCUT2D eigenvalue weighted by Gasteiger charge is -2.39. The molecule has 31 heavy (non-hydrogen) atoms. The highest BCUT2D eigenvalue weighted by molar-refractivity contribution is 9.10. The van der Waals surface area contributed by atoms with Gasteiger partial charge in [-0.2, -0.15) is 0 Å². The van der Waals surface area contributed by atoms with Gasteiger partial charge in [-0.3, -0.25) is 4.90 Å². The molecule has 0 spiro atoms. The van der Waals surface area contributed by atoms with E-state index in [9.17, 15) is 12.8 Å². The largest absolute Gasteiger partial charge is 0.468 e. The summed E-state index contributed by atoms with van der Waals surface area (Å²) in [5.41, 5.74) is 0.590. The number of piperazine rings is 1. The number of anilines is 1. The van der Waals surface area contributed by atoms with E-state index >= 15 is 0 Å². The topological polar surface area (TPSA) is 65.8 Å². The molecule has 164 valence electrons. The minimum atomic E-state index is -3.66. The molecule has 0 bridgehead atoms. The average molecular weight is 508 g/mol. The van der Waals surface area contributed by atoms with Crippen molar-refractivity contribution in [2.24, 2.45) is 0 Å². The van der Waals surface area contributed by atoms with Crippen molar-refractivity contribution in [2.45, 2.75) is 10.9 Å². The Labute approximate surface area is 189 Å². The maximum absolute atomic E-state index is 14.1. The molecule has 1 aromatic heterocycles. The molecule has 9 heteroatoms. The lowest BCUT2D eigenvalue weighted by atomic mass is 10.1. The molecule has 0 unspecified atom stereocenters. The fourth-order valence-corrected chi connectivity index (χ4v) is 5.06. The van der Waals surface area contributed by atoms with Gasteiger partial charge < -0.3 is 9.32 Å². The number of para-hydroxylation sites is 1. The molecule has 6 nitrogen and oxygen atoms in total. The lowest BCUT2D eigenvalue weighted by Crippen LogP contribution is -2.50. The van der Waals surface area contributed by atoms with Crippen molar-refractivity contribution >= 4 is 31.6 Å². The highest BCUT2D eigenvalue weighted by Gasteiger charge is 2.29. The van der Waals surface area contributed by atoms with Gasteiger partial charge in [0.2, 0.25) is 10.0 Å². The summed E-state index contributed by atoms with van der Waals surface area (Å²) >= 11 is 3.32. The molecule has 1 aliphatic rings. The van der Waals surface area contributed by atoms with Gasteiger partial charge in [-0.25, -0.2) is 17.5 Å². The van der Waals surface area contributed by atoms with Crippen molar-refractivity contribution in [2.75, 3.05) is 37.6 Å². The fourth-order valence-electron chi connectivity index (χ4n) is 3.76. The van der Waals surface area contributed by atoms with E-state index in [-0.39, 0.29) is 23.3 Å². The normalized spacial score (nSPS) is 16.4. The molecule has 0 saturated carbocycles. The van der Waals surface area contributed by atoms with Crippen LogP contribution in [0.4, 0.5) is 10.1 Å². The van der Waals surface area contributed by atoms with Gasteiger partial charge in [-0.15, -0.1) is 0 Å². The molecule has 2 aromatic carbocycles. The van der Waals surface area contributed by atoms with E-state index in [0.717, 1.165) is 4.47 Å². The van der Waals surface area contributed by atoms with Gasteiger partial charge >= 0.3 is 0 Å². The summed E-state index contributed by atoms with van der Waals surface area (Å²) in [7, 11) is -3.66. The van der Waals surface area contributed by atoms with Crippen LogP contribution in [0.5, 0.6) is 0 Å². The van der Waals surface area contributed by atoms with Crippen LogP contribution in [-0.4, -0.2) is 46.0 Å². The molecular weight excluding hydrogens is 485 g/mol. The Morgan fingerprint density at radius 2 is 1.71 bits per heavy atom. The van der Waals surface area contributed by atoms with Gasteiger partial charge in [0.25, 0.3) is 0 Å². The van der Waals surface area contributed by atoms with Crippen LogP contribution < -0.4 is 9.62 Å². The second kappa shape index (κ2) is 9.52. The Kier molecular flexibility index (Phi) is 6.76. The number of halogens is 2. The molecule has 3 aromatic rings. The molecule has 4 rings (SSSR count). The molecule has 2 heterocycles. The maximum atomic E-state index is 14.1. The first kappa shape index (κ1) is 22.0. The van der Waals surface area contributed by atoms with Gasteiger partial charge in [0.1, 0.15) is 11.6 Å². The molecule has 0 aliphatic carbocycles. The molecular formula is C22H23BrFN3O3S. The standard InChI is InChI=1S/C22H23BrFN3O3S/c23-17-7-9-18(10-8-17)31(28,29)25-16-21(22-6-3-15-30-22)27-13-11-26(12-14-27)20-5-2-1-4-19(20)24/h1-10,15,21,25H,11-14,16H2/t21-/m1/s1. The third kappa shape index (κ3) is 5.17. The van der Waals surface area contributed by atoms with Crippen LogP contribution in [0, 0.1) is 5.82 Å². The Morgan fingerprint density at radius 3 is 2.35 bits per heavy atom. The molecule has 1 fully saturated rings. The second-order valence-electron chi connectivity index (χ2n) is 7.31. The van der Waals surface area contributed by atoms with E-state index in [4.69, 9.17) is 4.42 Å². The number of nitrogens with zero attached hydrogens (tertiary/aromatic N) is 2. The van der Waals surface area contributed by atoms with E-state index in [2.05, 4.69) is 25.6 Å². The Bertz CT molecular complexity index is 1100. The summed E-state index contributed by atoms with van der Waals surface area (Å²) in [6.07, 6.45) is 1.58. The highest BCUT2D eigenvalue weighted by Crippen LogP contribution is 2.26. The number of benzene rings is 2. The summed E-state index contributed by atoms with van der Waals surface area (Å²) in [5.74, 6) is 0.457. The van der Waals surface area contributed by atoms with E-state index < -0.39 is 10.0 Å². The summed E-state index contributed by atoms with van der Waals surface area (Å²) in [6, 6.07) is 16.6. The molecule has 1 N–H and O–H groups in total. The second-order valence-corrected chi connectivity index (χ2v) is 9.99. The van der Waals surface area contributed by atoms with Crippen molar-refractivity contribution < 1.29 is 17.2 Å². The minimum Gasteiger partial charge on any atom is -0.468 e. The highest BCUT2D eigenvalue weighted by atomic mass is 79.9. The number of sulfonamides is 1. The van der Waals surface area contributed by atoms with Gasteiger partial charge in [0.15, 0.2) is 0 Å². The van der Waals surface area contributed by atoms with Gasteiger partial charge in [0.05, 0.1) is 22.9 Å². The lowest BCUT2D eigenvalue weighted by molar-refractivity contribution is 0.166. The first-order valence-electron chi connectivity index (χ1n) is 9.96. The first-order chi connectivity index (χ1) is 14.9. The zero-order valence-electron chi connectivity index (χ0n) is 16.7. The molecule has 1 atom stereocenters. The van der Waals surface area contributed by atoms with Gasteiger partial charge in [-0.05, 0) is 48.5 Å². The predicted molar refractivity (Wildman–Crippen MR) is 121 cm³/mol. The van der Waals surface area contributed by atoms with Crippen LogP contribution >= 0.6 is 15.9 Å². The van der Waals surface area contributed by atoms with Crippen molar-refractivity contribution in [3.63, 3.8) is 0 Å². The van der Waals surface area contributed by atoms with Crippen LogP contribution in [0.2, 0.25) is 0 Å². The van der Waals surface area contributed by atoms with E-state index in [0.29, 0.717) is 37.6 Å². The molecule has 0 radical (unpaired) electrons. The Morgan fingerprint density at radius 1 is 1.00 bits per heavy atom. The van der Waals surface area contributed by atoms with Crippen LogP contribution in [0.25, 0.3) is 0 Å². The fraction of sp³-hybridized carbons (Fsp3) is 0.273. The third-order valence-electron chi connectivity index (χ3n) is 5.41. The van der Waals surface area contributed by atoms with Crippen LogP contribution in [0.1, 0.15) is 11.8 Å². The molecule has 0 amide bonds. The molecule has 1 aliphatic heterocycles. The minimum absolute atomic E-state index is 0.172. The predicted octanol–water partition coefficient (Wildman–Crippen LogP) is 4.02. The number of nitrogens with one attached hydrogen (secondary N) is 1. The van der Waals surface area contributed by atoms with Crippen molar-refractivity contribution in [3.05, 3.63) is 83.0 Å². The first-order valence-corrected chi connectivity index (χ1v) is 12.2. The number of rotatable bonds is 7. The summed E-state index contributed by atoms with van der Waals surface area (Å²) < 4.78 is 48.8. The van der Waals surface area contributed by atoms with Gasteiger partial charge in [-0.1, -0.05) is 28.1 Å². The third-order valence-corrected chi connectivity index (χ3v) is 7.38. The van der Waals surface area contributed by atoms with E-state index in [1.165, 1.54) is 6.07 Å². The number of hydrogen-bond acceptors (Lipinski definition) is 5. The quantitative estimate of drug-likeness (QED) is 0.523.